The molecule has 186 valence electrons. The number of nitrogens with one attached hydrogen (secondary N) is 1. The van der Waals surface area contributed by atoms with E-state index in [9.17, 15) is 19.3 Å². The number of hydrogen-bond donors (Lipinski definition) is 1. The molecule has 3 aromatic rings. The number of carbonyl (C=O) groups excluding carboxylic acids is 1. The van der Waals surface area contributed by atoms with Crippen LogP contribution in [0, 0.1) is 21.8 Å². The SMILES string of the molecule is COc1ccc(NC(=O)C2Cc3cc([N+](=O)[O-])ccc3N3CCN(Cc4ccc(F)cc4)CC23)cc1. The molecule has 2 aliphatic heterocycles. The van der Waals surface area contributed by atoms with Crippen LogP contribution in [0.15, 0.2) is 66.7 Å². The fourth-order valence-electron chi connectivity index (χ4n) is 5.18. The minimum atomic E-state index is -0.405. The maximum Gasteiger partial charge on any atom is 0.269 e. The summed E-state index contributed by atoms with van der Waals surface area (Å²) in [6.45, 7) is 2.75. The highest BCUT2D eigenvalue weighted by Gasteiger charge is 2.42. The Bertz CT molecular complexity index is 1270. The van der Waals surface area contributed by atoms with E-state index in [1.165, 1.54) is 18.2 Å². The van der Waals surface area contributed by atoms with Crippen molar-refractivity contribution in [3.05, 3.63) is 93.8 Å². The number of hydrogen-bond acceptors (Lipinski definition) is 6. The Balaban J connectivity index is 1.41. The maximum atomic E-state index is 13.5. The largest absolute Gasteiger partial charge is 0.497 e. The Morgan fingerprint density at radius 3 is 2.56 bits per heavy atom. The van der Waals surface area contributed by atoms with Crippen LogP contribution in [-0.4, -0.2) is 48.5 Å². The molecule has 0 spiro atoms. The first-order valence-electron chi connectivity index (χ1n) is 11.9. The number of piperazine rings is 1. The fourth-order valence-corrected chi connectivity index (χ4v) is 5.18. The number of fused-ring (bicyclic) bond motifs is 3. The van der Waals surface area contributed by atoms with Crippen molar-refractivity contribution in [1.82, 2.24) is 4.90 Å². The highest BCUT2D eigenvalue weighted by atomic mass is 19.1. The molecule has 0 aromatic heterocycles. The summed E-state index contributed by atoms with van der Waals surface area (Å²) >= 11 is 0. The van der Waals surface area contributed by atoms with E-state index in [-0.39, 0.29) is 23.5 Å². The number of nitro benzene ring substituents is 1. The van der Waals surface area contributed by atoms with E-state index in [0.717, 1.165) is 23.4 Å². The summed E-state index contributed by atoms with van der Waals surface area (Å²) in [6.07, 6.45) is 0.407. The molecule has 2 unspecified atom stereocenters. The third-order valence-electron chi connectivity index (χ3n) is 7.00. The summed E-state index contributed by atoms with van der Waals surface area (Å²) in [5.74, 6) is -0.104. The Hall–Kier alpha value is -3.98. The van der Waals surface area contributed by atoms with E-state index in [0.29, 0.717) is 37.5 Å². The average Bonchev–Trinajstić information content (AvgIpc) is 2.89. The van der Waals surface area contributed by atoms with Gasteiger partial charge in [0.05, 0.1) is 24.0 Å². The second kappa shape index (κ2) is 9.94. The van der Waals surface area contributed by atoms with Crippen LogP contribution in [0.5, 0.6) is 5.75 Å². The third kappa shape index (κ3) is 4.87. The van der Waals surface area contributed by atoms with Crippen LogP contribution in [0.3, 0.4) is 0 Å². The Labute approximate surface area is 208 Å². The van der Waals surface area contributed by atoms with Gasteiger partial charge in [0.25, 0.3) is 5.69 Å². The zero-order chi connectivity index (χ0) is 25.2. The predicted molar refractivity (Wildman–Crippen MR) is 135 cm³/mol. The zero-order valence-electron chi connectivity index (χ0n) is 19.9. The van der Waals surface area contributed by atoms with Gasteiger partial charge in [0.15, 0.2) is 0 Å². The minimum absolute atomic E-state index is 0.0245. The normalized spacial score (nSPS) is 19.2. The maximum absolute atomic E-state index is 13.5. The first-order chi connectivity index (χ1) is 17.4. The van der Waals surface area contributed by atoms with Crippen molar-refractivity contribution in [3.8, 4) is 5.75 Å². The molecule has 5 rings (SSSR count). The van der Waals surface area contributed by atoms with Gasteiger partial charge in [-0.05, 0) is 60.0 Å². The standard InChI is InChI=1S/C27H27FN4O4/c1-36-23-9-6-21(7-10-23)29-27(33)24-15-19-14-22(32(34)35)8-11-25(19)31-13-12-30(17-26(24)31)16-18-2-4-20(28)5-3-18/h2-11,14,24,26H,12-13,15-17H2,1H3,(H,29,33). The number of ether oxygens (including phenoxy) is 1. The van der Waals surface area contributed by atoms with Gasteiger partial charge in [0, 0.05) is 49.7 Å². The number of rotatable bonds is 6. The van der Waals surface area contributed by atoms with Crippen molar-refractivity contribution in [2.24, 2.45) is 5.92 Å². The molecule has 1 fully saturated rings. The number of nitrogens with zero attached hydrogens (tertiary/aromatic N) is 3. The van der Waals surface area contributed by atoms with Gasteiger partial charge in [-0.1, -0.05) is 12.1 Å². The molecular weight excluding hydrogens is 463 g/mol. The number of non-ortho nitro benzene ring substituents is 1. The lowest BCUT2D eigenvalue weighted by atomic mass is 9.83. The van der Waals surface area contributed by atoms with Gasteiger partial charge in [-0.25, -0.2) is 4.39 Å². The molecule has 2 heterocycles. The highest BCUT2D eigenvalue weighted by molar-refractivity contribution is 5.94. The van der Waals surface area contributed by atoms with E-state index in [1.807, 2.05) is 0 Å². The van der Waals surface area contributed by atoms with Crippen LogP contribution in [0.1, 0.15) is 11.1 Å². The molecule has 8 nitrogen and oxygen atoms in total. The number of methoxy groups -OCH3 is 1. The molecule has 0 saturated carbocycles. The van der Waals surface area contributed by atoms with Gasteiger partial charge in [0.2, 0.25) is 5.91 Å². The quantitative estimate of drug-likeness (QED) is 0.411. The molecule has 2 aliphatic rings. The lowest BCUT2D eigenvalue weighted by molar-refractivity contribution is -0.384. The molecule has 36 heavy (non-hydrogen) atoms. The monoisotopic (exact) mass is 490 g/mol. The van der Waals surface area contributed by atoms with Gasteiger partial charge < -0.3 is 15.0 Å². The van der Waals surface area contributed by atoms with Crippen molar-refractivity contribution in [2.75, 3.05) is 37.0 Å². The zero-order valence-corrected chi connectivity index (χ0v) is 19.9. The average molecular weight is 491 g/mol. The van der Waals surface area contributed by atoms with Crippen LogP contribution in [0.2, 0.25) is 0 Å². The summed E-state index contributed by atoms with van der Waals surface area (Å²) in [5.41, 5.74) is 3.45. The summed E-state index contributed by atoms with van der Waals surface area (Å²) in [7, 11) is 1.58. The smallest absolute Gasteiger partial charge is 0.269 e. The molecule has 0 aliphatic carbocycles. The summed E-state index contributed by atoms with van der Waals surface area (Å²) < 4.78 is 18.6. The number of amides is 1. The molecule has 0 bridgehead atoms. The number of anilines is 2. The van der Waals surface area contributed by atoms with Crippen molar-refractivity contribution in [1.29, 1.82) is 0 Å². The molecular formula is C27H27FN4O4. The fraction of sp³-hybridized carbons (Fsp3) is 0.296. The summed E-state index contributed by atoms with van der Waals surface area (Å²) in [4.78, 5) is 29.0. The number of halogens is 1. The van der Waals surface area contributed by atoms with Crippen LogP contribution < -0.4 is 15.0 Å². The predicted octanol–water partition coefficient (Wildman–Crippen LogP) is 4.24. The van der Waals surface area contributed by atoms with E-state index in [2.05, 4.69) is 15.1 Å². The van der Waals surface area contributed by atoms with Gasteiger partial charge in [-0.2, -0.15) is 0 Å². The Morgan fingerprint density at radius 2 is 1.86 bits per heavy atom. The highest BCUT2D eigenvalue weighted by Crippen LogP contribution is 2.38. The van der Waals surface area contributed by atoms with Crippen molar-refractivity contribution >= 4 is 23.0 Å². The second-order valence-corrected chi connectivity index (χ2v) is 9.22. The van der Waals surface area contributed by atoms with Gasteiger partial charge in [0.1, 0.15) is 11.6 Å². The van der Waals surface area contributed by atoms with E-state index in [4.69, 9.17) is 4.74 Å². The topological polar surface area (TPSA) is 87.9 Å². The van der Waals surface area contributed by atoms with Crippen LogP contribution in [-0.2, 0) is 17.8 Å². The van der Waals surface area contributed by atoms with Gasteiger partial charge in [-0.3, -0.25) is 19.8 Å². The number of benzene rings is 3. The van der Waals surface area contributed by atoms with E-state index < -0.39 is 10.8 Å². The summed E-state index contributed by atoms with van der Waals surface area (Å²) in [6, 6.07) is 18.4. The lowest BCUT2D eigenvalue weighted by Gasteiger charge is -2.49. The van der Waals surface area contributed by atoms with Crippen LogP contribution in [0.25, 0.3) is 0 Å². The van der Waals surface area contributed by atoms with Gasteiger partial charge >= 0.3 is 0 Å². The molecule has 9 heteroatoms. The van der Waals surface area contributed by atoms with Crippen LogP contribution in [0.4, 0.5) is 21.5 Å². The van der Waals surface area contributed by atoms with Crippen molar-refractivity contribution in [2.45, 2.75) is 19.0 Å². The van der Waals surface area contributed by atoms with E-state index >= 15 is 0 Å². The van der Waals surface area contributed by atoms with E-state index in [1.54, 1.807) is 55.6 Å². The number of nitro groups is 1. The van der Waals surface area contributed by atoms with Crippen molar-refractivity contribution < 1.29 is 18.8 Å². The lowest BCUT2D eigenvalue weighted by Crippen LogP contribution is -2.60. The van der Waals surface area contributed by atoms with Gasteiger partial charge in [-0.15, -0.1) is 0 Å². The first-order valence-corrected chi connectivity index (χ1v) is 11.9. The first kappa shape index (κ1) is 23.7. The Kier molecular flexibility index (Phi) is 6.56. The summed E-state index contributed by atoms with van der Waals surface area (Å²) in [5, 5.41) is 14.4. The molecule has 1 N–H and O–H groups in total. The number of carbonyl (C=O) groups is 1. The van der Waals surface area contributed by atoms with Crippen LogP contribution >= 0.6 is 0 Å². The second-order valence-electron chi connectivity index (χ2n) is 9.22. The molecule has 2 atom stereocenters. The Morgan fingerprint density at radius 1 is 1.11 bits per heavy atom. The van der Waals surface area contributed by atoms with Crippen molar-refractivity contribution in [3.63, 3.8) is 0 Å². The minimum Gasteiger partial charge on any atom is -0.497 e. The molecule has 3 aromatic carbocycles. The molecule has 1 saturated heterocycles. The third-order valence-corrected chi connectivity index (χ3v) is 7.00. The molecule has 0 radical (unpaired) electrons. The molecule has 1 amide bonds.